The number of hydrogen-bond donors (Lipinski definition) is 1. The van der Waals surface area contributed by atoms with Gasteiger partial charge in [0.2, 0.25) is 0 Å². The third kappa shape index (κ3) is 3.11. The molecule has 0 aliphatic carbocycles. The Morgan fingerprint density at radius 3 is 2.43 bits per heavy atom. The van der Waals surface area contributed by atoms with Crippen LogP contribution >= 0.6 is 0 Å². The maximum absolute atomic E-state index is 12.8. The number of rotatable bonds is 4. The molecule has 8 nitrogen and oxygen atoms in total. The van der Waals surface area contributed by atoms with Crippen molar-refractivity contribution in [2.45, 2.75) is 12.2 Å². The first-order valence-corrected chi connectivity index (χ1v) is 10.8. The highest BCUT2D eigenvalue weighted by molar-refractivity contribution is 5.97. The Balaban J connectivity index is 1.44. The summed E-state index contributed by atoms with van der Waals surface area (Å²) in [4.78, 5) is 23.7. The van der Waals surface area contributed by atoms with Crippen LogP contribution in [-0.4, -0.2) is 16.0 Å². The predicted octanol–water partition coefficient (Wildman–Crippen LogP) is 5.45. The van der Waals surface area contributed by atoms with E-state index in [4.69, 9.17) is 14.2 Å². The number of hydrogen-bond acceptors (Lipinski definition) is 7. The van der Waals surface area contributed by atoms with E-state index < -0.39 is 16.5 Å². The lowest BCUT2D eigenvalue weighted by molar-refractivity contribution is -0.385. The van der Waals surface area contributed by atoms with Gasteiger partial charge in [-0.3, -0.25) is 10.1 Å². The molecular formula is C27H17NO7. The minimum absolute atomic E-state index is 0.00347. The van der Waals surface area contributed by atoms with Crippen LogP contribution in [0, 0.1) is 10.1 Å². The third-order valence-corrected chi connectivity index (χ3v) is 6.25. The monoisotopic (exact) mass is 467 g/mol. The number of ether oxygens (including phenoxy) is 3. The van der Waals surface area contributed by atoms with Gasteiger partial charge in [0.1, 0.15) is 29.6 Å². The largest absolute Gasteiger partial charge is 0.508 e. The number of carbonyl (C=O) groups is 1. The highest BCUT2D eigenvalue weighted by Crippen LogP contribution is 2.56. The summed E-state index contributed by atoms with van der Waals surface area (Å²) in [6.45, 7) is -0.0176. The van der Waals surface area contributed by atoms with Crippen molar-refractivity contribution in [1.82, 2.24) is 0 Å². The van der Waals surface area contributed by atoms with E-state index in [0.29, 0.717) is 45.1 Å². The molecule has 0 aromatic heterocycles. The van der Waals surface area contributed by atoms with Crippen molar-refractivity contribution in [3.05, 3.63) is 123 Å². The van der Waals surface area contributed by atoms with E-state index in [9.17, 15) is 20.0 Å². The van der Waals surface area contributed by atoms with Crippen molar-refractivity contribution < 1.29 is 29.0 Å². The normalized spacial score (nSPS) is 17.1. The minimum atomic E-state index is -1.25. The van der Waals surface area contributed by atoms with E-state index in [-0.39, 0.29) is 18.0 Å². The topological polar surface area (TPSA) is 108 Å². The summed E-state index contributed by atoms with van der Waals surface area (Å²) in [5, 5.41) is 21.4. The van der Waals surface area contributed by atoms with E-state index in [2.05, 4.69) is 0 Å². The number of aromatic hydroxyl groups is 1. The summed E-state index contributed by atoms with van der Waals surface area (Å²) in [7, 11) is 0. The van der Waals surface area contributed by atoms with Crippen molar-refractivity contribution in [3.8, 4) is 23.0 Å². The lowest BCUT2D eigenvalue weighted by Gasteiger charge is -2.36. The third-order valence-electron chi connectivity index (χ3n) is 6.25. The number of nitro groups is 1. The molecule has 0 amide bonds. The van der Waals surface area contributed by atoms with Gasteiger partial charge in [-0.1, -0.05) is 30.3 Å². The molecule has 0 bridgehead atoms. The highest BCUT2D eigenvalue weighted by Gasteiger charge is 2.53. The van der Waals surface area contributed by atoms with Crippen LogP contribution in [0.5, 0.6) is 23.0 Å². The molecule has 35 heavy (non-hydrogen) atoms. The number of carbonyl (C=O) groups excluding carboxylic acids is 1. The lowest BCUT2D eigenvalue weighted by atomic mass is 9.77. The Kier molecular flexibility index (Phi) is 4.50. The molecule has 4 aromatic rings. The number of phenols is 1. The number of benzene rings is 4. The van der Waals surface area contributed by atoms with E-state index in [0.717, 1.165) is 0 Å². The molecule has 0 radical (unpaired) electrons. The molecule has 0 fully saturated rings. The zero-order chi connectivity index (χ0) is 24.2. The van der Waals surface area contributed by atoms with Gasteiger partial charge in [-0.25, -0.2) is 4.79 Å². The molecule has 2 aliphatic heterocycles. The van der Waals surface area contributed by atoms with Gasteiger partial charge in [-0.15, -0.1) is 0 Å². The van der Waals surface area contributed by atoms with Crippen LogP contribution in [0.15, 0.2) is 84.9 Å². The number of para-hydroxylation sites is 1. The molecule has 2 aliphatic rings. The minimum Gasteiger partial charge on any atom is -0.508 e. The van der Waals surface area contributed by atoms with Crippen molar-refractivity contribution >= 4 is 11.7 Å². The Morgan fingerprint density at radius 2 is 1.60 bits per heavy atom. The first kappa shape index (κ1) is 20.7. The Morgan fingerprint density at radius 1 is 0.886 bits per heavy atom. The number of nitro benzene ring substituents is 1. The van der Waals surface area contributed by atoms with Crippen LogP contribution in [0.3, 0.4) is 0 Å². The van der Waals surface area contributed by atoms with Gasteiger partial charge in [0, 0.05) is 34.9 Å². The average Bonchev–Trinajstić information content (AvgIpc) is 3.15. The average molecular weight is 467 g/mol. The van der Waals surface area contributed by atoms with Gasteiger partial charge >= 0.3 is 5.97 Å². The zero-order valence-electron chi connectivity index (χ0n) is 18.1. The van der Waals surface area contributed by atoms with Crippen LogP contribution in [0.4, 0.5) is 5.69 Å². The van der Waals surface area contributed by atoms with Gasteiger partial charge in [-0.2, -0.15) is 0 Å². The quantitative estimate of drug-likeness (QED) is 0.242. The second-order valence-corrected chi connectivity index (χ2v) is 8.23. The van der Waals surface area contributed by atoms with Gasteiger partial charge in [0.25, 0.3) is 5.69 Å². The van der Waals surface area contributed by atoms with Crippen LogP contribution in [0.25, 0.3) is 0 Å². The number of nitrogens with zero attached hydrogens (tertiary/aromatic N) is 1. The van der Waals surface area contributed by atoms with Crippen molar-refractivity contribution in [2.24, 2.45) is 0 Å². The molecule has 172 valence electrons. The Hall–Kier alpha value is -4.85. The second-order valence-electron chi connectivity index (χ2n) is 8.23. The molecule has 0 saturated heterocycles. The zero-order valence-corrected chi connectivity index (χ0v) is 18.1. The summed E-state index contributed by atoms with van der Waals surface area (Å²) in [6.07, 6.45) is 0. The Labute approximate surface area is 199 Å². The maximum atomic E-state index is 12.8. The fourth-order valence-electron chi connectivity index (χ4n) is 4.71. The number of fused-ring (bicyclic) bond motifs is 6. The first-order valence-electron chi connectivity index (χ1n) is 10.8. The summed E-state index contributed by atoms with van der Waals surface area (Å²) in [5.41, 5.74) is 1.48. The molecule has 2 heterocycles. The van der Waals surface area contributed by atoms with Crippen molar-refractivity contribution in [3.63, 3.8) is 0 Å². The number of phenolic OH excluding ortho intramolecular Hbond substituents is 1. The van der Waals surface area contributed by atoms with Crippen LogP contribution < -0.4 is 9.47 Å². The highest BCUT2D eigenvalue weighted by atomic mass is 16.6. The van der Waals surface area contributed by atoms with Crippen LogP contribution in [-0.2, 0) is 16.9 Å². The molecule has 1 atom stereocenters. The Bertz CT molecular complexity index is 1530. The van der Waals surface area contributed by atoms with E-state index in [1.165, 1.54) is 18.2 Å². The van der Waals surface area contributed by atoms with Crippen LogP contribution in [0.2, 0.25) is 0 Å². The van der Waals surface area contributed by atoms with E-state index >= 15 is 0 Å². The lowest BCUT2D eigenvalue weighted by Crippen LogP contribution is -2.32. The summed E-state index contributed by atoms with van der Waals surface area (Å²) >= 11 is 0. The SMILES string of the molecule is O=C1OC2(c3ccc(O)cc3Oc3cc(OCc4ccccc4[N+](=O)[O-])ccc32)c2ccccc21. The predicted molar refractivity (Wildman–Crippen MR) is 124 cm³/mol. The second kappa shape index (κ2) is 7.59. The molecule has 0 saturated carbocycles. The molecule has 4 aromatic carbocycles. The van der Waals surface area contributed by atoms with E-state index in [1.807, 2.05) is 12.1 Å². The molecule has 6 rings (SSSR count). The maximum Gasteiger partial charge on any atom is 0.340 e. The summed E-state index contributed by atoms with van der Waals surface area (Å²) < 4.78 is 18.0. The molecular weight excluding hydrogens is 450 g/mol. The molecule has 1 unspecified atom stereocenters. The van der Waals surface area contributed by atoms with Gasteiger partial charge < -0.3 is 19.3 Å². The molecule has 8 heteroatoms. The van der Waals surface area contributed by atoms with Crippen LogP contribution in [0.1, 0.15) is 32.6 Å². The van der Waals surface area contributed by atoms with Crippen molar-refractivity contribution in [2.75, 3.05) is 0 Å². The van der Waals surface area contributed by atoms with E-state index in [1.54, 1.807) is 54.6 Å². The smallest absolute Gasteiger partial charge is 0.340 e. The van der Waals surface area contributed by atoms with Gasteiger partial charge in [0.15, 0.2) is 5.60 Å². The molecule has 1 spiro atoms. The fraction of sp³-hybridized carbons (Fsp3) is 0.0741. The standard InChI is InChI=1S/C27H17NO7/c29-17-9-11-21-24(13-17)34-25-14-18(33-15-16-5-1-4-8-23(16)28(31)32)10-12-22(25)27(21)20-7-3-2-6-19(20)26(30)35-27/h1-14,29H,15H2. The first-order chi connectivity index (χ1) is 17.0. The van der Waals surface area contributed by atoms with Crippen molar-refractivity contribution in [1.29, 1.82) is 0 Å². The van der Waals surface area contributed by atoms with Gasteiger partial charge in [0.05, 0.1) is 16.1 Å². The van der Waals surface area contributed by atoms with Gasteiger partial charge in [-0.05, 0) is 36.4 Å². The summed E-state index contributed by atoms with van der Waals surface area (Å²) in [5.74, 6) is 0.691. The summed E-state index contributed by atoms with van der Waals surface area (Å²) in [6, 6.07) is 23.3. The number of esters is 1. The fourth-order valence-corrected chi connectivity index (χ4v) is 4.71. The molecule has 1 N–H and O–H groups in total.